The normalized spacial score (nSPS) is 29.2. The molecule has 4 heteroatoms. The van der Waals surface area contributed by atoms with Gasteiger partial charge in [0.25, 0.3) is 0 Å². The summed E-state index contributed by atoms with van der Waals surface area (Å²) in [4.78, 5) is 19.5. The highest BCUT2D eigenvalue weighted by molar-refractivity contribution is 5.75. The highest BCUT2D eigenvalue weighted by Crippen LogP contribution is 2.55. The summed E-state index contributed by atoms with van der Waals surface area (Å²) in [5, 5.41) is 0. The molecule has 0 radical (unpaired) electrons. The Hall–Kier alpha value is -0.610. The van der Waals surface area contributed by atoms with E-state index < -0.39 is 0 Å². The molecule has 0 aromatic carbocycles. The molecule has 1 aliphatic carbocycles. The molecule has 3 heterocycles. The highest BCUT2D eigenvalue weighted by Gasteiger charge is 2.54. The molecule has 0 aromatic rings. The molecule has 0 bridgehead atoms. The summed E-state index contributed by atoms with van der Waals surface area (Å²) in [6.07, 6.45) is 8.73. The molecule has 3 saturated heterocycles. The maximum Gasteiger partial charge on any atom is 0.222 e. The number of piperidine rings is 2. The van der Waals surface area contributed by atoms with E-state index in [1.165, 1.54) is 64.7 Å². The summed E-state index contributed by atoms with van der Waals surface area (Å²) in [6, 6.07) is 1.56. The minimum absolute atomic E-state index is 0.338. The molecule has 1 saturated carbocycles. The SMILES string of the molecule is CCC(=O)N1CCC(N2CCC(N3CC4(CC(C(C)C)C4)C3)CC2)CC1. The molecule has 4 rings (SSSR count). The summed E-state index contributed by atoms with van der Waals surface area (Å²) >= 11 is 0. The van der Waals surface area contributed by atoms with Crippen LogP contribution in [0.4, 0.5) is 0 Å². The monoisotopic (exact) mass is 361 g/mol. The van der Waals surface area contributed by atoms with Crippen LogP contribution in [0.25, 0.3) is 0 Å². The first-order chi connectivity index (χ1) is 12.5. The lowest BCUT2D eigenvalue weighted by atomic mass is 9.55. The van der Waals surface area contributed by atoms with Crippen LogP contribution in [0.15, 0.2) is 0 Å². The van der Waals surface area contributed by atoms with Crippen molar-refractivity contribution in [1.82, 2.24) is 14.7 Å². The molecule has 148 valence electrons. The molecule has 0 atom stereocenters. The van der Waals surface area contributed by atoms with Crippen molar-refractivity contribution in [1.29, 1.82) is 0 Å². The highest BCUT2D eigenvalue weighted by atomic mass is 16.2. The molecule has 4 nitrogen and oxygen atoms in total. The molecular formula is C22H39N3O. The average Bonchev–Trinajstić information content (AvgIpc) is 2.59. The quantitative estimate of drug-likeness (QED) is 0.769. The second-order valence-electron chi connectivity index (χ2n) is 10.0. The van der Waals surface area contributed by atoms with Gasteiger partial charge in [0.2, 0.25) is 5.91 Å². The lowest BCUT2D eigenvalue weighted by Gasteiger charge is -2.62. The van der Waals surface area contributed by atoms with E-state index in [0.29, 0.717) is 12.3 Å². The van der Waals surface area contributed by atoms with Crippen molar-refractivity contribution in [2.45, 2.75) is 77.8 Å². The van der Waals surface area contributed by atoms with E-state index in [4.69, 9.17) is 0 Å². The van der Waals surface area contributed by atoms with Crippen molar-refractivity contribution in [3.05, 3.63) is 0 Å². The number of hydrogen-bond donors (Lipinski definition) is 0. The van der Waals surface area contributed by atoms with Crippen LogP contribution in [0.5, 0.6) is 0 Å². The Labute approximate surface area is 160 Å². The standard InChI is InChI=1S/C22H39N3O/c1-4-21(26)24-11-7-19(8-12-24)23-9-5-20(6-10-23)25-15-22(16-25)13-18(14-22)17(2)3/h17-20H,4-16H2,1-3H3. The summed E-state index contributed by atoms with van der Waals surface area (Å²) < 4.78 is 0. The van der Waals surface area contributed by atoms with Gasteiger partial charge >= 0.3 is 0 Å². The fraction of sp³-hybridized carbons (Fsp3) is 0.955. The number of likely N-dealkylation sites (tertiary alicyclic amines) is 3. The predicted molar refractivity (Wildman–Crippen MR) is 106 cm³/mol. The maximum atomic E-state index is 11.9. The van der Waals surface area contributed by atoms with Crippen molar-refractivity contribution >= 4 is 5.91 Å². The van der Waals surface area contributed by atoms with Crippen LogP contribution in [0.3, 0.4) is 0 Å². The van der Waals surface area contributed by atoms with Crippen molar-refractivity contribution < 1.29 is 4.79 Å². The van der Waals surface area contributed by atoms with Crippen LogP contribution in [0.1, 0.15) is 65.7 Å². The second kappa shape index (κ2) is 7.43. The predicted octanol–water partition coefficient (Wildman–Crippen LogP) is 3.22. The van der Waals surface area contributed by atoms with E-state index in [2.05, 4.69) is 28.5 Å². The third-order valence-corrected chi connectivity index (χ3v) is 8.06. The van der Waals surface area contributed by atoms with Crippen molar-refractivity contribution in [3.8, 4) is 0 Å². The lowest BCUT2D eigenvalue weighted by Crippen LogP contribution is -2.66. The van der Waals surface area contributed by atoms with Gasteiger partial charge in [-0.15, -0.1) is 0 Å². The Morgan fingerprint density at radius 1 is 0.923 bits per heavy atom. The van der Waals surface area contributed by atoms with Crippen LogP contribution in [-0.4, -0.2) is 72.0 Å². The van der Waals surface area contributed by atoms with Crippen LogP contribution in [0.2, 0.25) is 0 Å². The topological polar surface area (TPSA) is 26.8 Å². The Balaban J connectivity index is 1.16. The molecule has 1 spiro atoms. The van der Waals surface area contributed by atoms with E-state index in [1.54, 1.807) is 0 Å². The number of rotatable bonds is 4. The Morgan fingerprint density at radius 3 is 2.00 bits per heavy atom. The molecule has 0 N–H and O–H groups in total. The minimum atomic E-state index is 0.338. The van der Waals surface area contributed by atoms with E-state index in [0.717, 1.165) is 42.4 Å². The van der Waals surface area contributed by atoms with Crippen LogP contribution in [0, 0.1) is 17.3 Å². The molecule has 1 amide bonds. The molecule has 26 heavy (non-hydrogen) atoms. The largest absolute Gasteiger partial charge is 0.343 e. The Kier molecular flexibility index (Phi) is 5.35. The first-order valence-electron chi connectivity index (χ1n) is 11.3. The molecular weight excluding hydrogens is 322 g/mol. The summed E-state index contributed by atoms with van der Waals surface area (Å²) in [7, 11) is 0. The minimum Gasteiger partial charge on any atom is -0.343 e. The zero-order valence-corrected chi connectivity index (χ0v) is 17.3. The van der Waals surface area contributed by atoms with Gasteiger partial charge in [-0.2, -0.15) is 0 Å². The van der Waals surface area contributed by atoms with Gasteiger partial charge < -0.3 is 9.80 Å². The summed E-state index contributed by atoms with van der Waals surface area (Å²) in [6.45, 7) is 14.0. The van der Waals surface area contributed by atoms with Gasteiger partial charge in [-0.25, -0.2) is 0 Å². The molecule has 4 fully saturated rings. The van der Waals surface area contributed by atoms with Gasteiger partial charge in [0, 0.05) is 44.7 Å². The van der Waals surface area contributed by atoms with Crippen LogP contribution >= 0.6 is 0 Å². The van der Waals surface area contributed by atoms with E-state index >= 15 is 0 Å². The van der Waals surface area contributed by atoms with E-state index in [9.17, 15) is 4.79 Å². The smallest absolute Gasteiger partial charge is 0.222 e. The van der Waals surface area contributed by atoms with Crippen molar-refractivity contribution in [2.24, 2.45) is 17.3 Å². The number of hydrogen-bond acceptors (Lipinski definition) is 3. The molecule has 3 aliphatic heterocycles. The average molecular weight is 362 g/mol. The Bertz CT molecular complexity index is 490. The van der Waals surface area contributed by atoms with Crippen molar-refractivity contribution in [2.75, 3.05) is 39.3 Å². The van der Waals surface area contributed by atoms with Crippen LogP contribution in [-0.2, 0) is 4.79 Å². The van der Waals surface area contributed by atoms with Gasteiger partial charge in [-0.3, -0.25) is 9.69 Å². The zero-order chi connectivity index (χ0) is 18.3. The fourth-order valence-corrected chi connectivity index (χ4v) is 6.18. The third kappa shape index (κ3) is 3.56. The van der Waals surface area contributed by atoms with Gasteiger partial charge in [-0.05, 0) is 68.9 Å². The number of carbonyl (C=O) groups is 1. The van der Waals surface area contributed by atoms with Gasteiger partial charge in [0.15, 0.2) is 0 Å². The van der Waals surface area contributed by atoms with Crippen molar-refractivity contribution in [3.63, 3.8) is 0 Å². The number of carbonyl (C=O) groups excluding carboxylic acids is 1. The number of nitrogens with zero attached hydrogens (tertiary/aromatic N) is 3. The summed E-state index contributed by atoms with van der Waals surface area (Å²) in [5.74, 6) is 2.23. The number of amides is 1. The van der Waals surface area contributed by atoms with E-state index in [-0.39, 0.29) is 0 Å². The first kappa shape index (κ1) is 18.7. The van der Waals surface area contributed by atoms with Crippen LogP contribution < -0.4 is 0 Å². The van der Waals surface area contributed by atoms with Gasteiger partial charge in [-0.1, -0.05) is 20.8 Å². The first-order valence-corrected chi connectivity index (χ1v) is 11.3. The van der Waals surface area contributed by atoms with E-state index in [1.807, 2.05) is 6.92 Å². The fourth-order valence-electron chi connectivity index (χ4n) is 6.18. The maximum absolute atomic E-state index is 11.9. The molecule has 0 unspecified atom stereocenters. The molecule has 0 aromatic heterocycles. The van der Waals surface area contributed by atoms with Gasteiger partial charge in [0.1, 0.15) is 0 Å². The lowest BCUT2D eigenvalue weighted by molar-refractivity contribution is -0.134. The van der Waals surface area contributed by atoms with Gasteiger partial charge in [0.05, 0.1) is 0 Å². The molecule has 4 aliphatic rings. The summed E-state index contributed by atoms with van der Waals surface area (Å²) in [5.41, 5.74) is 0.727. The zero-order valence-electron chi connectivity index (χ0n) is 17.3. The third-order valence-electron chi connectivity index (χ3n) is 8.06. The second-order valence-corrected chi connectivity index (χ2v) is 10.0. The Morgan fingerprint density at radius 2 is 1.46 bits per heavy atom.